The van der Waals surface area contributed by atoms with Crippen LogP contribution in [-0.2, 0) is 0 Å². The van der Waals surface area contributed by atoms with Crippen molar-refractivity contribution in [3.63, 3.8) is 0 Å². The predicted octanol–water partition coefficient (Wildman–Crippen LogP) is 3.78. The molecule has 0 bridgehead atoms. The largest absolute Gasteiger partial charge is 0.351 e. The van der Waals surface area contributed by atoms with Crippen LogP contribution in [0.5, 0.6) is 0 Å². The van der Waals surface area contributed by atoms with E-state index >= 15 is 0 Å². The molecule has 1 saturated heterocycles. The van der Waals surface area contributed by atoms with Crippen molar-refractivity contribution in [2.24, 2.45) is 0 Å². The Kier molecular flexibility index (Phi) is 4.82. The summed E-state index contributed by atoms with van der Waals surface area (Å²) in [6, 6.07) is 1.17. The Morgan fingerprint density at radius 2 is 2.00 bits per heavy atom. The Labute approximate surface area is 117 Å². The molecular formula is C13H22BNS2. The summed E-state index contributed by atoms with van der Waals surface area (Å²) < 4.78 is 1.10. The minimum absolute atomic E-state index is 0.378. The number of thiocarbonyl (C=S) groups is 1. The molecule has 4 heteroatoms. The highest BCUT2D eigenvalue weighted by Gasteiger charge is 2.39. The molecule has 0 aromatic rings. The lowest BCUT2D eigenvalue weighted by atomic mass is 9.79. The van der Waals surface area contributed by atoms with E-state index in [1.54, 1.807) is 0 Å². The molecule has 1 nitrogen and oxygen atoms in total. The zero-order valence-corrected chi connectivity index (χ0v) is 12.5. The van der Waals surface area contributed by atoms with E-state index in [1.165, 1.54) is 32.1 Å². The smallest absolute Gasteiger partial charge is 0.137 e. The summed E-state index contributed by atoms with van der Waals surface area (Å²) in [6.07, 6.45) is 7.59. The van der Waals surface area contributed by atoms with Crippen LogP contribution in [-0.4, -0.2) is 34.4 Å². The zero-order valence-electron chi connectivity index (χ0n) is 10.9. The van der Waals surface area contributed by atoms with E-state index < -0.39 is 0 Å². The number of hydrogen-bond donors (Lipinski definition) is 0. The van der Waals surface area contributed by atoms with Gasteiger partial charge in [0.2, 0.25) is 0 Å². The summed E-state index contributed by atoms with van der Waals surface area (Å²) in [5.74, 6) is 0.378. The van der Waals surface area contributed by atoms with Crippen LogP contribution in [0.4, 0.5) is 0 Å². The summed E-state index contributed by atoms with van der Waals surface area (Å²) in [4.78, 5) is 2.46. The standard InChI is InChI=1S/C13H22BNS2/c1-9(2)15-11-7-5-3-4-6-10(14)8-12(11)17-13(15)16/h9-12H,3-8H2,1-2H3. The molecular weight excluding hydrogens is 245 g/mol. The molecule has 17 heavy (non-hydrogen) atoms. The normalized spacial score (nSPS) is 35.4. The van der Waals surface area contributed by atoms with E-state index in [2.05, 4.69) is 18.7 Å². The van der Waals surface area contributed by atoms with E-state index in [9.17, 15) is 0 Å². The highest BCUT2D eigenvalue weighted by molar-refractivity contribution is 8.23. The van der Waals surface area contributed by atoms with Crippen LogP contribution >= 0.6 is 24.0 Å². The molecule has 1 saturated carbocycles. The number of fused-ring (bicyclic) bond motifs is 1. The van der Waals surface area contributed by atoms with Crippen molar-refractivity contribution >= 4 is 36.1 Å². The minimum Gasteiger partial charge on any atom is -0.351 e. The lowest BCUT2D eigenvalue weighted by Gasteiger charge is -2.32. The molecule has 0 N–H and O–H groups in total. The first kappa shape index (κ1) is 13.7. The highest BCUT2D eigenvalue weighted by Crippen LogP contribution is 2.41. The van der Waals surface area contributed by atoms with Crippen LogP contribution in [0.15, 0.2) is 0 Å². The summed E-state index contributed by atoms with van der Waals surface area (Å²) in [5.41, 5.74) is 0. The number of thioether (sulfide) groups is 1. The lowest BCUT2D eigenvalue weighted by molar-refractivity contribution is 0.254. The predicted molar refractivity (Wildman–Crippen MR) is 81.9 cm³/mol. The van der Waals surface area contributed by atoms with E-state index in [0.29, 0.717) is 23.2 Å². The molecule has 3 unspecified atom stereocenters. The molecule has 2 aliphatic rings. The van der Waals surface area contributed by atoms with Gasteiger partial charge >= 0.3 is 0 Å². The fourth-order valence-corrected chi connectivity index (χ4v) is 5.27. The molecule has 94 valence electrons. The van der Waals surface area contributed by atoms with Gasteiger partial charge in [-0.2, -0.15) is 0 Å². The molecule has 1 heterocycles. The average molecular weight is 267 g/mol. The summed E-state index contributed by atoms with van der Waals surface area (Å²) in [7, 11) is 6.22. The van der Waals surface area contributed by atoms with E-state index in [1.807, 2.05) is 11.8 Å². The Morgan fingerprint density at radius 1 is 1.29 bits per heavy atom. The summed E-state index contributed by atoms with van der Waals surface area (Å²) in [6.45, 7) is 4.50. The second-order valence-electron chi connectivity index (χ2n) is 5.62. The molecule has 0 amide bonds. The number of hydrogen-bond acceptors (Lipinski definition) is 2. The molecule has 2 radical (unpaired) electrons. The number of nitrogens with zero attached hydrogens (tertiary/aromatic N) is 1. The second-order valence-corrected chi connectivity index (χ2v) is 7.50. The van der Waals surface area contributed by atoms with Gasteiger partial charge in [-0.05, 0) is 26.7 Å². The molecule has 1 aliphatic heterocycles. The van der Waals surface area contributed by atoms with Crippen LogP contribution in [0.3, 0.4) is 0 Å². The van der Waals surface area contributed by atoms with Crippen molar-refractivity contribution < 1.29 is 0 Å². The molecule has 1 aliphatic carbocycles. The van der Waals surface area contributed by atoms with Gasteiger partial charge in [0.25, 0.3) is 0 Å². The first-order chi connectivity index (χ1) is 8.09. The van der Waals surface area contributed by atoms with E-state index in [0.717, 1.165) is 10.7 Å². The SMILES string of the molecule is [B]C1CCCCCC2C(C1)SC(=S)N2C(C)C. The maximum Gasteiger partial charge on any atom is 0.137 e. The van der Waals surface area contributed by atoms with Crippen molar-refractivity contribution in [2.45, 2.75) is 75.5 Å². The monoisotopic (exact) mass is 267 g/mol. The Bertz CT molecular complexity index is 283. The fourth-order valence-electron chi connectivity index (χ4n) is 3.06. The van der Waals surface area contributed by atoms with Crippen molar-refractivity contribution in [3.8, 4) is 0 Å². The maximum absolute atomic E-state index is 6.22. The minimum atomic E-state index is 0.378. The van der Waals surface area contributed by atoms with Gasteiger partial charge < -0.3 is 4.90 Å². The van der Waals surface area contributed by atoms with Crippen molar-refractivity contribution in [2.75, 3.05) is 0 Å². The van der Waals surface area contributed by atoms with E-state index in [4.69, 9.17) is 20.1 Å². The van der Waals surface area contributed by atoms with Gasteiger partial charge in [0.1, 0.15) is 4.32 Å². The zero-order chi connectivity index (χ0) is 12.4. The lowest BCUT2D eigenvalue weighted by Crippen LogP contribution is -2.41. The van der Waals surface area contributed by atoms with Crippen LogP contribution in [0.1, 0.15) is 52.4 Å². The highest BCUT2D eigenvalue weighted by atomic mass is 32.2. The first-order valence-corrected chi connectivity index (χ1v) is 8.13. The topological polar surface area (TPSA) is 3.24 Å². The third-order valence-electron chi connectivity index (χ3n) is 3.92. The van der Waals surface area contributed by atoms with Crippen molar-refractivity contribution in [1.29, 1.82) is 0 Å². The molecule has 2 rings (SSSR count). The molecule has 3 atom stereocenters. The third-order valence-corrected chi connectivity index (χ3v) is 5.64. The first-order valence-electron chi connectivity index (χ1n) is 6.84. The van der Waals surface area contributed by atoms with Crippen LogP contribution in [0.25, 0.3) is 0 Å². The number of rotatable bonds is 1. The Morgan fingerprint density at radius 3 is 2.71 bits per heavy atom. The van der Waals surface area contributed by atoms with Gasteiger partial charge in [0.15, 0.2) is 0 Å². The average Bonchev–Trinajstić information content (AvgIpc) is 2.56. The van der Waals surface area contributed by atoms with Gasteiger partial charge in [-0.3, -0.25) is 0 Å². The van der Waals surface area contributed by atoms with Crippen LogP contribution < -0.4 is 0 Å². The van der Waals surface area contributed by atoms with Gasteiger partial charge in [-0.1, -0.05) is 55.5 Å². The van der Waals surface area contributed by atoms with Gasteiger partial charge in [-0.15, -0.1) is 0 Å². The summed E-state index contributed by atoms with van der Waals surface area (Å²) >= 11 is 7.44. The maximum atomic E-state index is 6.22. The van der Waals surface area contributed by atoms with E-state index in [-0.39, 0.29) is 0 Å². The quantitative estimate of drug-likeness (QED) is 0.526. The fraction of sp³-hybridized carbons (Fsp3) is 0.923. The second kappa shape index (κ2) is 5.96. The van der Waals surface area contributed by atoms with Crippen LogP contribution in [0.2, 0.25) is 5.82 Å². The van der Waals surface area contributed by atoms with Crippen LogP contribution in [0, 0.1) is 0 Å². The molecule has 0 aromatic carbocycles. The molecule has 0 spiro atoms. The van der Waals surface area contributed by atoms with Gasteiger partial charge in [0, 0.05) is 17.3 Å². The molecule has 0 aromatic heterocycles. The van der Waals surface area contributed by atoms with Crippen molar-refractivity contribution in [1.82, 2.24) is 4.90 Å². The van der Waals surface area contributed by atoms with Gasteiger partial charge in [0.05, 0.1) is 7.85 Å². The van der Waals surface area contributed by atoms with Crippen molar-refractivity contribution in [3.05, 3.63) is 0 Å². The molecule has 2 fully saturated rings. The van der Waals surface area contributed by atoms with Gasteiger partial charge in [-0.25, -0.2) is 0 Å². The Hall–Kier alpha value is 0.305. The third kappa shape index (κ3) is 3.20. The Balaban J connectivity index is 2.12. The summed E-state index contributed by atoms with van der Waals surface area (Å²) in [5, 5.41) is 0.637.